The molecule has 0 radical (unpaired) electrons. The van der Waals surface area contributed by atoms with Gasteiger partial charge in [0.15, 0.2) is 0 Å². The minimum absolute atomic E-state index is 0.0646. The van der Waals surface area contributed by atoms with Gasteiger partial charge in [-0.25, -0.2) is 4.99 Å². The van der Waals surface area contributed by atoms with Crippen LogP contribution in [0.2, 0.25) is 5.02 Å². The average molecular weight is 490 g/mol. The lowest BCUT2D eigenvalue weighted by molar-refractivity contribution is 0.102. The summed E-state index contributed by atoms with van der Waals surface area (Å²) in [6, 6.07) is 12.7. The summed E-state index contributed by atoms with van der Waals surface area (Å²) in [5.74, 6) is -0.0889. The molecule has 148 valence electrons. The van der Waals surface area contributed by atoms with Gasteiger partial charge in [0.25, 0.3) is 5.91 Å². The largest absolute Gasteiger partial charge is 0.506 e. The molecule has 1 aliphatic carbocycles. The molecule has 1 aliphatic rings. The van der Waals surface area contributed by atoms with Crippen molar-refractivity contribution in [3.8, 4) is 5.75 Å². The molecule has 0 saturated heterocycles. The van der Waals surface area contributed by atoms with Crippen molar-refractivity contribution in [2.75, 3.05) is 5.32 Å². The normalized spacial score (nSPS) is 13.4. The van der Waals surface area contributed by atoms with Crippen molar-refractivity contribution in [1.82, 2.24) is 0 Å². The summed E-state index contributed by atoms with van der Waals surface area (Å²) in [5, 5.41) is 14.4. The van der Waals surface area contributed by atoms with Gasteiger partial charge in [-0.2, -0.15) is 0 Å². The first-order chi connectivity index (χ1) is 14.0. The summed E-state index contributed by atoms with van der Waals surface area (Å²) < 4.78 is 0.499. The molecule has 0 bridgehead atoms. The van der Waals surface area contributed by atoms with E-state index in [0.717, 1.165) is 36.9 Å². The molecule has 7 heteroatoms. The minimum Gasteiger partial charge on any atom is -0.506 e. The molecule has 2 N–H and O–H groups in total. The number of carbonyl (C=O) groups is 1. The maximum atomic E-state index is 13.1. The van der Waals surface area contributed by atoms with Crippen LogP contribution in [0.3, 0.4) is 0 Å². The monoisotopic (exact) mass is 488 g/mol. The Morgan fingerprint density at radius 1 is 1.21 bits per heavy atom. The first-order valence-corrected chi connectivity index (χ1v) is 11.2. The van der Waals surface area contributed by atoms with Crippen LogP contribution in [-0.2, 0) is 12.8 Å². The standard InChI is InChI=1S/C22H18BrClN2O2S/c23-17-11-14(24)10-13(20(17)27)12-25-22-19(16-8-4-5-9-18(16)29-22)21(28)26-15-6-2-1-3-7-15/h1-3,6-7,10-12,27H,4-5,8-9H2,(H,26,28). The maximum absolute atomic E-state index is 13.1. The van der Waals surface area contributed by atoms with E-state index in [0.29, 0.717) is 25.6 Å². The van der Waals surface area contributed by atoms with Crippen molar-refractivity contribution >= 4 is 61.7 Å². The number of phenolic OH excluding ortho intramolecular Hbond substituents is 1. The predicted molar refractivity (Wildman–Crippen MR) is 123 cm³/mol. The van der Waals surface area contributed by atoms with E-state index in [2.05, 4.69) is 26.2 Å². The third kappa shape index (κ3) is 4.39. The van der Waals surface area contributed by atoms with Gasteiger partial charge in [-0.1, -0.05) is 29.8 Å². The SMILES string of the molecule is O=C(Nc1ccccc1)c1c(N=Cc2cc(Cl)cc(Br)c2O)sc2c1CCCC2. The Balaban J connectivity index is 1.72. The van der Waals surface area contributed by atoms with E-state index in [1.807, 2.05) is 30.3 Å². The highest BCUT2D eigenvalue weighted by Gasteiger charge is 2.25. The quantitative estimate of drug-likeness (QED) is 0.398. The Hall–Kier alpha value is -2.15. The summed E-state index contributed by atoms with van der Waals surface area (Å²) in [6.45, 7) is 0. The second kappa shape index (κ2) is 8.69. The Kier molecular flexibility index (Phi) is 6.04. The lowest BCUT2D eigenvalue weighted by Crippen LogP contribution is -2.14. The third-order valence-electron chi connectivity index (χ3n) is 4.79. The zero-order valence-electron chi connectivity index (χ0n) is 15.4. The second-order valence-electron chi connectivity index (χ2n) is 6.79. The summed E-state index contributed by atoms with van der Waals surface area (Å²) in [6.07, 6.45) is 5.60. The third-order valence-corrected chi connectivity index (χ3v) is 6.81. The lowest BCUT2D eigenvalue weighted by atomic mass is 9.95. The number of aliphatic imine (C=N–C) groups is 1. The number of nitrogens with one attached hydrogen (secondary N) is 1. The number of fused-ring (bicyclic) bond motifs is 1. The van der Waals surface area contributed by atoms with Crippen LogP contribution in [0.15, 0.2) is 51.9 Å². The van der Waals surface area contributed by atoms with Gasteiger partial charge >= 0.3 is 0 Å². The number of amides is 1. The summed E-state index contributed by atoms with van der Waals surface area (Å²) >= 11 is 10.9. The molecule has 4 rings (SSSR count). The van der Waals surface area contributed by atoms with Crippen LogP contribution < -0.4 is 5.32 Å². The van der Waals surface area contributed by atoms with Crippen molar-refractivity contribution in [2.24, 2.45) is 4.99 Å². The van der Waals surface area contributed by atoms with Gasteiger partial charge in [-0.3, -0.25) is 4.79 Å². The Labute approximate surface area is 186 Å². The zero-order valence-corrected chi connectivity index (χ0v) is 18.6. The summed E-state index contributed by atoms with van der Waals surface area (Å²) in [7, 11) is 0. The van der Waals surface area contributed by atoms with Gasteiger partial charge < -0.3 is 10.4 Å². The highest BCUT2D eigenvalue weighted by atomic mass is 79.9. The van der Waals surface area contributed by atoms with Crippen LogP contribution >= 0.6 is 38.9 Å². The molecule has 29 heavy (non-hydrogen) atoms. The number of rotatable bonds is 4. The molecule has 4 nitrogen and oxygen atoms in total. The molecule has 0 fully saturated rings. The minimum atomic E-state index is -0.153. The number of benzene rings is 2. The number of phenols is 1. The summed E-state index contributed by atoms with van der Waals surface area (Å²) in [4.78, 5) is 18.9. The van der Waals surface area contributed by atoms with Gasteiger partial charge in [0.05, 0.1) is 10.0 Å². The second-order valence-corrected chi connectivity index (χ2v) is 9.17. The Bertz CT molecular complexity index is 1100. The van der Waals surface area contributed by atoms with Crippen molar-refractivity contribution in [2.45, 2.75) is 25.7 Å². The first-order valence-electron chi connectivity index (χ1n) is 9.26. The Morgan fingerprint density at radius 2 is 1.97 bits per heavy atom. The van der Waals surface area contributed by atoms with E-state index in [1.54, 1.807) is 29.7 Å². The number of halogens is 2. The van der Waals surface area contributed by atoms with E-state index in [1.165, 1.54) is 4.88 Å². The van der Waals surface area contributed by atoms with Gasteiger partial charge in [0, 0.05) is 27.4 Å². The molecule has 0 spiro atoms. The molecule has 0 saturated carbocycles. The zero-order chi connectivity index (χ0) is 20.4. The van der Waals surface area contributed by atoms with E-state index in [9.17, 15) is 9.90 Å². The van der Waals surface area contributed by atoms with Crippen LogP contribution in [0.4, 0.5) is 10.7 Å². The summed E-state index contributed by atoms with van der Waals surface area (Å²) in [5.41, 5.74) is 2.97. The van der Waals surface area contributed by atoms with Crippen molar-refractivity contribution < 1.29 is 9.90 Å². The number of hydrogen-bond donors (Lipinski definition) is 2. The number of hydrogen-bond acceptors (Lipinski definition) is 4. The molecule has 1 aromatic heterocycles. The number of anilines is 1. The molecule has 0 unspecified atom stereocenters. The molecular formula is C22H18BrClN2O2S. The van der Waals surface area contributed by atoms with Crippen molar-refractivity contribution in [3.63, 3.8) is 0 Å². The molecule has 3 aromatic rings. The molecule has 1 amide bonds. The lowest BCUT2D eigenvalue weighted by Gasteiger charge is -2.12. The van der Waals surface area contributed by atoms with Crippen molar-refractivity contribution in [1.29, 1.82) is 0 Å². The number of para-hydroxylation sites is 1. The number of thiophene rings is 1. The molecule has 2 aromatic carbocycles. The number of aryl methyl sites for hydroxylation is 1. The number of carbonyl (C=O) groups excluding carboxylic acids is 1. The highest BCUT2D eigenvalue weighted by molar-refractivity contribution is 9.10. The smallest absolute Gasteiger partial charge is 0.259 e. The molecular weight excluding hydrogens is 472 g/mol. The van der Waals surface area contributed by atoms with Crippen LogP contribution in [0.5, 0.6) is 5.75 Å². The fourth-order valence-electron chi connectivity index (χ4n) is 3.40. The van der Waals surface area contributed by atoms with E-state index < -0.39 is 0 Å². The molecule has 1 heterocycles. The number of aromatic hydroxyl groups is 1. The van der Waals surface area contributed by atoms with Crippen molar-refractivity contribution in [3.05, 3.63) is 73.5 Å². The van der Waals surface area contributed by atoms with Gasteiger partial charge in [-0.15, -0.1) is 11.3 Å². The van der Waals surface area contributed by atoms with Crippen LogP contribution in [0, 0.1) is 0 Å². The van der Waals surface area contributed by atoms with Crippen LogP contribution in [0.1, 0.15) is 39.2 Å². The highest BCUT2D eigenvalue weighted by Crippen LogP contribution is 2.40. The first kappa shape index (κ1) is 20.1. The predicted octanol–water partition coefficient (Wildman–Crippen LogP) is 6.75. The van der Waals surface area contributed by atoms with Gasteiger partial charge in [-0.05, 0) is 71.4 Å². The molecule has 0 aliphatic heterocycles. The van der Waals surface area contributed by atoms with Crippen LogP contribution in [-0.4, -0.2) is 17.2 Å². The van der Waals surface area contributed by atoms with E-state index in [-0.39, 0.29) is 11.7 Å². The topological polar surface area (TPSA) is 61.7 Å². The van der Waals surface area contributed by atoms with Crippen LogP contribution in [0.25, 0.3) is 0 Å². The Morgan fingerprint density at radius 3 is 2.76 bits per heavy atom. The van der Waals surface area contributed by atoms with Gasteiger partial charge in [0.2, 0.25) is 0 Å². The van der Waals surface area contributed by atoms with E-state index in [4.69, 9.17) is 11.6 Å². The van der Waals surface area contributed by atoms with Gasteiger partial charge in [0.1, 0.15) is 10.8 Å². The maximum Gasteiger partial charge on any atom is 0.259 e. The van der Waals surface area contributed by atoms with E-state index >= 15 is 0 Å². The average Bonchev–Trinajstić information content (AvgIpc) is 3.09. The fraction of sp³-hybridized carbons (Fsp3) is 0.182. The number of nitrogens with zero attached hydrogens (tertiary/aromatic N) is 1. The fourth-order valence-corrected chi connectivity index (χ4v) is 5.47. The molecule has 0 atom stereocenters.